The number of Topliss-reactive ketones (excluding diaryl/α,β-unsaturated/α-hetero) is 1. The van der Waals surface area contributed by atoms with Gasteiger partial charge in [0.15, 0.2) is 5.78 Å². The van der Waals surface area contributed by atoms with Crippen molar-refractivity contribution in [2.75, 3.05) is 0 Å². The highest BCUT2D eigenvalue weighted by Crippen LogP contribution is 2.33. The number of hydrogen-bond donors (Lipinski definition) is 0. The molecule has 0 unspecified atom stereocenters. The Hall–Kier alpha value is -1.12. The fraction of sp³-hybridized carbons (Fsp3) is 0.636. The molecule has 0 aromatic carbocycles. The first-order valence-electron chi connectivity index (χ1n) is 5.20. The van der Waals surface area contributed by atoms with Crippen LogP contribution in [-0.4, -0.2) is 15.6 Å². The third-order valence-corrected chi connectivity index (χ3v) is 2.79. The Morgan fingerprint density at radius 3 is 2.86 bits per heavy atom. The van der Waals surface area contributed by atoms with Crippen molar-refractivity contribution in [3.05, 3.63) is 17.5 Å². The summed E-state index contributed by atoms with van der Waals surface area (Å²) < 4.78 is 1.71. The second-order valence-corrected chi connectivity index (χ2v) is 4.21. The molecule has 1 aromatic rings. The lowest BCUT2D eigenvalue weighted by Crippen LogP contribution is -1.99. The summed E-state index contributed by atoms with van der Waals surface area (Å²) in [6, 6.07) is 0. The SMILES string of the molecule is Cc1nn(C)cc1C(=O)CCC1CC1. The zero-order valence-electron chi connectivity index (χ0n) is 8.79. The van der Waals surface area contributed by atoms with E-state index >= 15 is 0 Å². The van der Waals surface area contributed by atoms with Gasteiger partial charge in [0.2, 0.25) is 0 Å². The van der Waals surface area contributed by atoms with Gasteiger partial charge < -0.3 is 0 Å². The van der Waals surface area contributed by atoms with Crippen LogP contribution in [0.5, 0.6) is 0 Å². The van der Waals surface area contributed by atoms with Crippen molar-refractivity contribution in [3.8, 4) is 0 Å². The smallest absolute Gasteiger partial charge is 0.166 e. The first-order valence-corrected chi connectivity index (χ1v) is 5.20. The van der Waals surface area contributed by atoms with E-state index in [2.05, 4.69) is 5.10 Å². The number of carbonyl (C=O) groups is 1. The Balaban J connectivity index is 1.98. The number of ketones is 1. The molecular formula is C11H16N2O. The Labute approximate surface area is 84.1 Å². The fourth-order valence-corrected chi connectivity index (χ4v) is 1.75. The van der Waals surface area contributed by atoms with Gasteiger partial charge in [-0.25, -0.2) is 0 Å². The summed E-state index contributed by atoms with van der Waals surface area (Å²) in [6.07, 6.45) is 6.22. The van der Waals surface area contributed by atoms with Crippen molar-refractivity contribution in [2.45, 2.75) is 32.6 Å². The number of rotatable bonds is 4. The van der Waals surface area contributed by atoms with Gasteiger partial charge in [0.1, 0.15) is 0 Å². The molecule has 0 bridgehead atoms. The van der Waals surface area contributed by atoms with E-state index in [0.29, 0.717) is 6.42 Å². The van der Waals surface area contributed by atoms with Crippen LogP contribution in [0.15, 0.2) is 6.20 Å². The first kappa shape index (κ1) is 9.44. The molecule has 0 atom stereocenters. The molecule has 0 spiro atoms. The molecule has 3 nitrogen and oxygen atoms in total. The Bertz CT molecular complexity index is 350. The molecule has 1 aromatic heterocycles. The highest BCUT2D eigenvalue weighted by Gasteiger charge is 2.23. The average Bonchev–Trinajstić information content (AvgIpc) is 2.88. The maximum Gasteiger partial charge on any atom is 0.166 e. The average molecular weight is 192 g/mol. The molecule has 1 aliphatic rings. The Morgan fingerprint density at radius 2 is 2.36 bits per heavy atom. The number of aryl methyl sites for hydroxylation is 2. The van der Waals surface area contributed by atoms with Crippen molar-refractivity contribution in [1.29, 1.82) is 0 Å². The number of carbonyl (C=O) groups excluding carboxylic acids is 1. The molecule has 1 aliphatic carbocycles. The fourth-order valence-electron chi connectivity index (χ4n) is 1.75. The topological polar surface area (TPSA) is 34.9 Å². The van der Waals surface area contributed by atoms with Crippen LogP contribution in [0.4, 0.5) is 0 Å². The van der Waals surface area contributed by atoms with Crippen molar-refractivity contribution in [2.24, 2.45) is 13.0 Å². The normalized spacial score (nSPS) is 15.9. The van der Waals surface area contributed by atoms with Gasteiger partial charge in [-0.2, -0.15) is 5.10 Å². The highest BCUT2D eigenvalue weighted by atomic mass is 16.1. The second kappa shape index (κ2) is 3.56. The molecule has 3 heteroatoms. The first-order chi connectivity index (χ1) is 6.66. The van der Waals surface area contributed by atoms with Crippen molar-refractivity contribution < 1.29 is 4.79 Å². The van der Waals surface area contributed by atoms with Crippen LogP contribution < -0.4 is 0 Å². The standard InChI is InChI=1S/C11H16N2O/c1-8-10(7-13(2)12-8)11(14)6-5-9-3-4-9/h7,9H,3-6H2,1-2H3. The monoisotopic (exact) mass is 192 g/mol. The molecule has 1 saturated carbocycles. The van der Waals surface area contributed by atoms with Crippen LogP contribution >= 0.6 is 0 Å². The molecule has 0 aliphatic heterocycles. The number of nitrogens with zero attached hydrogens (tertiary/aromatic N) is 2. The van der Waals surface area contributed by atoms with Gasteiger partial charge in [-0.05, 0) is 19.3 Å². The largest absolute Gasteiger partial charge is 0.294 e. The minimum absolute atomic E-state index is 0.252. The molecule has 1 fully saturated rings. The van der Waals surface area contributed by atoms with Crippen LogP contribution in [0.3, 0.4) is 0 Å². The van der Waals surface area contributed by atoms with Crippen molar-refractivity contribution in [3.63, 3.8) is 0 Å². The van der Waals surface area contributed by atoms with Gasteiger partial charge in [0.05, 0.1) is 11.3 Å². The zero-order valence-corrected chi connectivity index (χ0v) is 8.79. The summed E-state index contributed by atoms with van der Waals surface area (Å²) in [5.41, 5.74) is 1.65. The number of hydrogen-bond acceptors (Lipinski definition) is 2. The Kier molecular flexibility index (Phi) is 2.40. The lowest BCUT2D eigenvalue weighted by atomic mass is 10.1. The second-order valence-electron chi connectivity index (χ2n) is 4.21. The van der Waals surface area contributed by atoms with Gasteiger partial charge >= 0.3 is 0 Å². The molecule has 76 valence electrons. The molecule has 1 heterocycles. The summed E-state index contributed by atoms with van der Waals surface area (Å²) in [5.74, 6) is 1.08. The lowest BCUT2D eigenvalue weighted by molar-refractivity contribution is 0.0977. The third-order valence-electron chi connectivity index (χ3n) is 2.79. The minimum Gasteiger partial charge on any atom is -0.294 e. The molecule has 0 saturated heterocycles. The minimum atomic E-state index is 0.252. The van der Waals surface area contributed by atoms with E-state index in [-0.39, 0.29) is 5.78 Å². The maximum absolute atomic E-state index is 11.8. The van der Waals surface area contributed by atoms with E-state index in [4.69, 9.17) is 0 Å². The van der Waals surface area contributed by atoms with Crippen LogP contribution in [0.2, 0.25) is 0 Å². The van der Waals surface area contributed by atoms with E-state index < -0.39 is 0 Å². The van der Waals surface area contributed by atoms with Gasteiger partial charge in [0.25, 0.3) is 0 Å². The lowest BCUT2D eigenvalue weighted by Gasteiger charge is -1.97. The van der Waals surface area contributed by atoms with Crippen LogP contribution in [0, 0.1) is 12.8 Å². The summed E-state index contributed by atoms with van der Waals surface area (Å²) in [4.78, 5) is 11.8. The molecule has 2 rings (SSSR count). The van der Waals surface area contributed by atoms with Crippen LogP contribution in [0.1, 0.15) is 41.7 Å². The van der Waals surface area contributed by atoms with Gasteiger partial charge in [-0.1, -0.05) is 12.8 Å². The van der Waals surface area contributed by atoms with Crippen LogP contribution in [-0.2, 0) is 7.05 Å². The van der Waals surface area contributed by atoms with Crippen LogP contribution in [0.25, 0.3) is 0 Å². The van der Waals surface area contributed by atoms with E-state index in [9.17, 15) is 4.79 Å². The maximum atomic E-state index is 11.8. The van der Waals surface area contributed by atoms with E-state index in [0.717, 1.165) is 23.6 Å². The summed E-state index contributed by atoms with van der Waals surface area (Å²) in [5, 5.41) is 4.17. The highest BCUT2D eigenvalue weighted by molar-refractivity contribution is 5.96. The van der Waals surface area contributed by atoms with Crippen molar-refractivity contribution >= 4 is 5.78 Å². The summed E-state index contributed by atoms with van der Waals surface area (Å²) in [6.45, 7) is 1.89. The number of aromatic nitrogens is 2. The van der Waals surface area contributed by atoms with Gasteiger partial charge in [-0.3, -0.25) is 9.48 Å². The van der Waals surface area contributed by atoms with E-state index in [1.165, 1.54) is 12.8 Å². The predicted octanol–water partition coefficient (Wildman–Crippen LogP) is 2.10. The summed E-state index contributed by atoms with van der Waals surface area (Å²) >= 11 is 0. The zero-order chi connectivity index (χ0) is 10.1. The van der Waals surface area contributed by atoms with Gasteiger partial charge in [-0.15, -0.1) is 0 Å². The Morgan fingerprint density at radius 1 is 1.64 bits per heavy atom. The van der Waals surface area contributed by atoms with E-state index in [1.54, 1.807) is 4.68 Å². The third kappa shape index (κ3) is 2.03. The predicted molar refractivity (Wildman–Crippen MR) is 54.2 cm³/mol. The molecule has 0 N–H and O–H groups in total. The molecular weight excluding hydrogens is 176 g/mol. The van der Waals surface area contributed by atoms with Crippen molar-refractivity contribution in [1.82, 2.24) is 9.78 Å². The summed E-state index contributed by atoms with van der Waals surface area (Å²) in [7, 11) is 1.85. The van der Waals surface area contributed by atoms with E-state index in [1.807, 2.05) is 20.2 Å². The van der Waals surface area contributed by atoms with Gasteiger partial charge in [0, 0.05) is 19.7 Å². The molecule has 0 amide bonds. The molecule has 14 heavy (non-hydrogen) atoms. The quantitative estimate of drug-likeness (QED) is 0.685. The molecule has 0 radical (unpaired) electrons.